The van der Waals surface area contributed by atoms with Crippen LogP contribution in [0.5, 0.6) is 5.75 Å². The van der Waals surface area contributed by atoms with Crippen molar-refractivity contribution in [3.8, 4) is 33.7 Å². The predicted octanol–water partition coefficient (Wildman–Crippen LogP) is 12.7. The van der Waals surface area contributed by atoms with Gasteiger partial charge in [-0.2, -0.15) is 0 Å². The Labute approximate surface area is 291 Å². The van der Waals surface area contributed by atoms with Crippen molar-refractivity contribution in [2.75, 3.05) is 12.0 Å². The molecule has 50 heavy (non-hydrogen) atoms. The van der Waals surface area contributed by atoms with Gasteiger partial charge in [-0.15, -0.1) is 0 Å². The van der Waals surface area contributed by atoms with Crippen molar-refractivity contribution < 1.29 is 4.74 Å². The molecule has 0 saturated carbocycles. The minimum absolute atomic E-state index is 0.828. The van der Waals surface area contributed by atoms with Crippen LogP contribution in [0.3, 0.4) is 0 Å². The van der Waals surface area contributed by atoms with Crippen LogP contribution in [0.15, 0.2) is 188 Å². The highest BCUT2D eigenvalue weighted by Crippen LogP contribution is 2.45. The first-order valence-corrected chi connectivity index (χ1v) is 17.0. The number of nitrogens with zero attached hydrogens (tertiary/aromatic N) is 2. The highest BCUT2D eigenvalue weighted by molar-refractivity contribution is 6.11. The number of methoxy groups -OCH3 is 1. The monoisotopic (exact) mass is 642 g/mol. The third-order valence-corrected chi connectivity index (χ3v) is 9.68. The van der Waals surface area contributed by atoms with E-state index in [2.05, 4.69) is 185 Å². The van der Waals surface area contributed by atoms with Gasteiger partial charge in [0.1, 0.15) is 5.75 Å². The van der Waals surface area contributed by atoms with Crippen LogP contribution in [0.25, 0.3) is 60.5 Å². The zero-order valence-electron chi connectivity index (χ0n) is 27.7. The molecule has 1 aromatic heterocycles. The highest BCUT2D eigenvalue weighted by Gasteiger charge is 2.20. The SMILES string of the molecule is COc1ccc(N(c2ccccc2-c2ccc3c4ccccc4n(-c4cccc(-c5ccccc5)c4)c3c2)c2cccc3ccccc23)cc1. The molecule has 0 fully saturated rings. The number of para-hydroxylation sites is 2. The Morgan fingerprint density at radius 1 is 0.440 bits per heavy atom. The van der Waals surface area contributed by atoms with Crippen molar-refractivity contribution in [3.63, 3.8) is 0 Å². The Balaban J connectivity index is 1.27. The summed E-state index contributed by atoms with van der Waals surface area (Å²) in [6, 6.07) is 67.3. The van der Waals surface area contributed by atoms with Crippen LogP contribution >= 0.6 is 0 Å². The Bertz CT molecular complexity index is 2630. The van der Waals surface area contributed by atoms with Crippen molar-refractivity contribution in [2.45, 2.75) is 0 Å². The fourth-order valence-corrected chi connectivity index (χ4v) is 7.33. The normalized spacial score (nSPS) is 11.3. The van der Waals surface area contributed by atoms with Crippen LogP contribution in [-0.4, -0.2) is 11.7 Å². The van der Waals surface area contributed by atoms with Gasteiger partial charge in [-0.25, -0.2) is 0 Å². The first-order valence-electron chi connectivity index (χ1n) is 17.0. The van der Waals surface area contributed by atoms with E-state index in [1.165, 1.54) is 43.7 Å². The second kappa shape index (κ2) is 12.5. The van der Waals surface area contributed by atoms with E-state index in [1.807, 2.05) is 12.1 Å². The summed E-state index contributed by atoms with van der Waals surface area (Å²) in [7, 11) is 1.71. The molecule has 3 nitrogen and oxygen atoms in total. The molecule has 0 bridgehead atoms. The van der Waals surface area contributed by atoms with Gasteiger partial charge >= 0.3 is 0 Å². The number of anilines is 3. The zero-order chi connectivity index (χ0) is 33.4. The average molecular weight is 643 g/mol. The predicted molar refractivity (Wildman–Crippen MR) is 210 cm³/mol. The van der Waals surface area contributed by atoms with Gasteiger partial charge in [0.15, 0.2) is 0 Å². The smallest absolute Gasteiger partial charge is 0.119 e. The second-order valence-electron chi connectivity index (χ2n) is 12.5. The number of benzene rings is 8. The van der Waals surface area contributed by atoms with Crippen molar-refractivity contribution in [1.29, 1.82) is 0 Å². The molecule has 0 aliphatic rings. The first kappa shape index (κ1) is 29.6. The van der Waals surface area contributed by atoms with E-state index in [4.69, 9.17) is 4.74 Å². The van der Waals surface area contributed by atoms with E-state index < -0.39 is 0 Å². The van der Waals surface area contributed by atoms with Gasteiger partial charge in [0.2, 0.25) is 0 Å². The molecular formula is C47H34N2O. The number of hydrogen-bond donors (Lipinski definition) is 0. The molecule has 0 saturated heterocycles. The lowest BCUT2D eigenvalue weighted by atomic mass is 9.99. The molecule has 0 spiro atoms. The number of ether oxygens (including phenoxy) is 1. The molecule has 0 unspecified atom stereocenters. The summed E-state index contributed by atoms with van der Waals surface area (Å²) in [6.45, 7) is 0. The standard InChI is InChI=1S/C47H34N2O/c1-50-39-28-26-37(27-29-39)48(45-24-12-16-34-15-5-6-19-40(34)45)44-22-9-7-20-41(44)36-25-30-43-42-21-8-10-23-46(42)49(47(43)32-36)38-18-11-17-35(31-38)33-13-3-2-4-14-33/h2-32H,1H3. The lowest BCUT2D eigenvalue weighted by molar-refractivity contribution is 0.415. The van der Waals surface area contributed by atoms with Gasteiger partial charge in [-0.3, -0.25) is 0 Å². The topological polar surface area (TPSA) is 17.4 Å². The first-order chi connectivity index (χ1) is 24.8. The molecule has 1 heterocycles. The molecule has 8 aromatic carbocycles. The molecule has 0 amide bonds. The van der Waals surface area contributed by atoms with E-state index in [0.717, 1.165) is 39.6 Å². The maximum atomic E-state index is 5.55. The molecule has 9 aromatic rings. The lowest BCUT2D eigenvalue weighted by Gasteiger charge is -2.29. The highest BCUT2D eigenvalue weighted by atomic mass is 16.5. The van der Waals surface area contributed by atoms with Gasteiger partial charge in [0, 0.05) is 33.1 Å². The van der Waals surface area contributed by atoms with Crippen LogP contribution in [0.1, 0.15) is 0 Å². The third kappa shape index (κ3) is 5.08. The summed E-state index contributed by atoms with van der Waals surface area (Å²) in [4.78, 5) is 2.38. The van der Waals surface area contributed by atoms with Gasteiger partial charge in [-0.1, -0.05) is 127 Å². The van der Waals surface area contributed by atoms with Crippen LogP contribution in [0.4, 0.5) is 17.1 Å². The van der Waals surface area contributed by atoms with Gasteiger partial charge in [-0.05, 0) is 82.7 Å². The lowest BCUT2D eigenvalue weighted by Crippen LogP contribution is -2.11. The van der Waals surface area contributed by atoms with E-state index >= 15 is 0 Å². The second-order valence-corrected chi connectivity index (χ2v) is 12.5. The zero-order valence-corrected chi connectivity index (χ0v) is 27.7. The molecule has 0 aliphatic heterocycles. The molecule has 0 N–H and O–H groups in total. The molecule has 0 atom stereocenters. The van der Waals surface area contributed by atoms with Gasteiger partial charge in [0.05, 0.1) is 29.5 Å². The van der Waals surface area contributed by atoms with Crippen LogP contribution in [-0.2, 0) is 0 Å². The summed E-state index contributed by atoms with van der Waals surface area (Å²) in [5, 5.41) is 4.86. The summed E-state index contributed by atoms with van der Waals surface area (Å²) in [6.07, 6.45) is 0. The Hall–Kier alpha value is -6.58. The Morgan fingerprint density at radius 2 is 1.10 bits per heavy atom. The minimum atomic E-state index is 0.828. The molecule has 9 rings (SSSR count). The summed E-state index contributed by atoms with van der Waals surface area (Å²) >= 11 is 0. The van der Waals surface area contributed by atoms with E-state index in [0.29, 0.717) is 0 Å². The maximum Gasteiger partial charge on any atom is 0.119 e. The number of rotatable bonds is 7. The number of hydrogen-bond acceptors (Lipinski definition) is 2. The largest absolute Gasteiger partial charge is 0.497 e. The molecule has 0 aliphatic carbocycles. The van der Waals surface area contributed by atoms with E-state index in [-0.39, 0.29) is 0 Å². The van der Waals surface area contributed by atoms with Crippen LogP contribution in [0.2, 0.25) is 0 Å². The van der Waals surface area contributed by atoms with Crippen molar-refractivity contribution >= 4 is 49.6 Å². The quantitative estimate of drug-likeness (QED) is 0.172. The van der Waals surface area contributed by atoms with Gasteiger partial charge in [0.25, 0.3) is 0 Å². The number of aromatic nitrogens is 1. The van der Waals surface area contributed by atoms with Gasteiger partial charge < -0.3 is 14.2 Å². The van der Waals surface area contributed by atoms with Crippen molar-refractivity contribution in [3.05, 3.63) is 188 Å². The molecule has 3 heteroatoms. The maximum absolute atomic E-state index is 5.55. The fourth-order valence-electron chi connectivity index (χ4n) is 7.33. The van der Waals surface area contributed by atoms with Crippen molar-refractivity contribution in [2.24, 2.45) is 0 Å². The average Bonchev–Trinajstić information content (AvgIpc) is 3.53. The summed E-state index contributed by atoms with van der Waals surface area (Å²) in [5.74, 6) is 0.828. The minimum Gasteiger partial charge on any atom is -0.497 e. The van der Waals surface area contributed by atoms with E-state index in [1.54, 1.807) is 7.11 Å². The third-order valence-electron chi connectivity index (χ3n) is 9.68. The Kier molecular flexibility index (Phi) is 7.37. The fraction of sp³-hybridized carbons (Fsp3) is 0.0213. The van der Waals surface area contributed by atoms with E-state index in [9.17, 15) is 0 Å². The Morgan fingerprint density at radius 3 is 1.96 bits per heavy atom. The molecule has 238 valence electrons. The summed E-state index contributed by atoms with van der Waals surface area (Å²) in [5.41, 5.74) is 11.5. The number of fused-ring (bicyclic) bond motifs is 4. The molecular weight excluding hydrogens is 609 g/mol. The van der Waals surface area contributed by atoms with Crippen molar-refractivity contribution in [1.82, 2.24) is 4.57 Å². The summed E-state index contributed by atoms with van der Waals surface area (Å²) < 4.78 is 7.96. The van der Waals surface area contributed by atoms with Crippen LogP contribution in [0, 0.1) is 0 Å². The molecule has 0 radical (unpaired) electrons. The van der Waals surface area contributed by atoms with Crippen LogP contribution < -0.4 is 9.64 Å².